The Bertz CT molecular complexity index is 946. The van der Waals surface area contributed by atoms with Crippen LogP contribution in [-0.2, 0) is 10.0 Å². The van der Waals surface area contributed by atoms with Crippen LogP contribution < -0.4 is 5.32 Å². The summed E-state index contributed by atoms with van der Waals surface area (Å²) in [4.78, 5) is 12.8. The van der Waals surface area contributed by atoms with Crippen molar-refractivity contribution in [2.75, 3.05) is 25.0 Å². The molecule has 0 radical (unpaired) electrons. The molecule has 0 aromatic heterocycles. The molecular weight excluding hydrogens is 372 g/mol. The molecule has 3 rings (SSSR count). The minimum atomic E-state index is -3.60. The molecule has 28 heavy (non-hydrogen) atoms. The van der Waals surface area contributed by atoms with Crippen LogP contribution in [0.15, 0.2) is 53.4 Å². The van der Waals surface area contributed by atoms with E-state index in [1.165, 1.54) is 6.07 Å². The number of hydrogen-bond acceptors (Lipinski definition) is 4. The lowest BCUT2D eigenvalue weighted by Crippen LogP contribution is -2.42. The molecule has 2 aromatic rings. The highest BCUT2D eigenvalue weighted by Gasteiger charge is 2.31. The van der Waals surface area contributed by atoms with Crippen molar-refractivity contribution < 1.29 is 13.2 Å². The number of piperidine rings is 1. The van der Waals surface area contributed by atoms with E-state index in [0.717, 1.165) is 17.7 Å². The van der Waals surface area contributed by atoms with E-state index in [0.29, 0.717) is 30.5 Å². The smallest absolute Gasteiger partial charge is 0.243 e. The third-order valence-corrected chi connectivity index (χ3v) is 6.93. The first-order chi connectivity index (χ1) is 13.3. The second-order valence-corrected chi connectivity index (χ2v) is 9.88. The van der Waals surface area contributed by atoms with Crippen molar-refractivity contribution in [2.45, 2.75) is 32.1 Å². The quantitative estimate of drug-likeness (QED) is 0.746. The Kier molecular flexibility index (Phi) is 6.20. The standard InChI is InChI=1S/C22H28N2O3S/c1-16-6-4-8-20(11-16)23-13-22(25)19-7-5-9-21(12-19)28(26,27)24-14-17(2)10-18(3)15-24/h4-9,11-12,17-18,23H,10,13-15H2,1-3H3. The molecular formula is C22H28N2O3S. The Balaban J connectivity index is 1.74. The van der Waals surface area contributed by atoms with Crippen molar-refractivity contribution in [3.8, 4) is 0 Å². The lowest BCUT2D eigenvalue weighted by Gasteiger charge is -2.34. The van der Waals surface area contributed by atoms with Gasteiger partial charge >= 0.3 is 0 Å². The van der Waals surface area contributed by atoms with Crippen LogP contribution in [0.1, 0.15) is 36.2 Å². The van der Waals surface area contributed by atoms with Crippen LogP contribution >= 0.6 is 0 Å². The minimum Gasteiger partial charge on any atom is -0.378 e. The van der Waals surface area contributed by atoms with Crippen molar-refractivity contribution in [3.63, 3.8) is 0 Å². The average Bonchev–Trinajstić information content (AvgIpc) is 2.65. The van der Waals surface area contributed by atoms with Crippen molar-refractivity contribution >= 4 is 21.5 Å². The van der Waals surface area contributed by atoms with Gasteiger partial charge in [-0.25, -0.2) is 8.42 Å². The van der Waals surface area contributed by atoms with Gasteiger partial charge in [0, 0.05) is 24.3 Å². The molecule has 0 aliphatic carbocycles. The fraction of sp³-hybridized carbons (Fsp3) is 0.409. The average molecular weight is 401 g/mol. The Hall–Kier alpha value is -2.18. The second kappa shape index (κ2) is 8.45. The fourth-order valence-electron chi connectivity index (χ4n) is 3.82. The van der Waals surface area contributed by atoms with E-state index in [1.807, 2.05) is 31.2 Å². The SMILES string of the molecule is Cc1cccc(NCC(=O)c2cccc(S(=O)(=O)N3CC(C)CC(C)C3)c2)c1. The molecule has 0 spiro atoms. The van der Waals surface area contributed by atoms with Gasteiger partial charge in [-0.3, -0.25) is 4.79 Å². The van der Waals surface area contributed by atoms with Crippen LogP contribution in [0.4, 0.5) is 5.69 Å². The molecule has 1 N–H and O–H groups in total. The number of benzene rings is 2. The Morgan fingerprint density at radius 1 is 1.07 bits per heavy atom. The van der Waals surface area contributed by atoms with E-state index in [4.69, 9.17) is 0 Å². The van der Waals surface area contributed by atoms with Crippen molar-refractivity contribution in [2.24, 2.45) is 11.8 Å². The third-order valence-electron chi connectivity index (χ3n) is 5.10. The number of rotatable bonds is 6. The number of carbonyl (C=O) groups is 1. The first kappa shape index (κ1) is 20.6. The van der Waals surface area contributed by atoms with E-state index in [-0.39, 0.29) is 17.2 Å². The Morgan fingerprint density at radius 3 is 2.43 bits per heavy atom. The number of sulfonamides is 1. The zero-order chi connectivity index (χ0) is 20.3. The zero-order valence-corrected chi connectivity index (χ0v) is 17.5. The van der Waals surface area contributed by atoms with Gasteiger partial charge in [0.15, 0.2) is 5.78 Å². The van der Waals surface area contributed by atoms with E-state index in [1.54, 1.807) is 22.5 Å². The monoisotopic (exact) mass is 400 g/mol. The Morgan fingerprint density at radius 2 is 1.75 bits per heavy atom. The van der Waals surface area contributed by atoms with Crippen LogP contribution in [0, 0.1) is 18.8 Å². The summed E-state index contributed by atoms with van der Waals surface area (Å²) in [6, 6.07) is 14.2. The summed E-state index contributed by atoms with van der Waals surface area (Å²) in [6.07, 6.45) is 1.04. The molecule has 150 valence electrons. The van der Waals surface area contributed by atoms with Gasteiger partial charge in [-0.05, 0) is 55.0 Å². The molecule has 1 aliphatic heterocycles. The molecule has 6 heteroatoms. The number of anilines is 1. The van der Waals surface area contributed by atoms with Gasteiger partial charge in [0.25, 0.3) is 0 Å². The predicted octanol–water partition coefficient (Wildman–Crippen LogP) is 3.96. The lowest BCUT2D eigenvalue weighted by molar-refractivity contribution is 0.101. The first-order valence-electron chi connectivity index (χ1n) is 9.69. The molecule has 0 saturated carbocycles. The third kappa shape index (κ3) is 4.80. The number of carbonyl (C=O) groups excluding carboxylic acids is 1. The van der Waals surface area contributed by atoms with Crippen molar-refractivity contribution in [1.82, 2.24) is 4.31 Å². The summed E-state index contributed by atoms with van der Waals surface area (Å²) in [5, 5.41) is 3.11. The number of nitrogens with zero attached hydrogens (tertiary/aromatic N) is 1. The molecule has 2 aromatic carbocycles. The van der Waals surface area contributed by atoms with E-state index in [2.05, 4.69) is 19.2 Å². The largest absolute Gasteiger partial charge is 0.378 e. The fourth-order valence-corrected chi connectivity index (χ4v) is 5.55. The van der Waals surface area contributed by atoms with E-state index >= 15 is 0 Å². The summed E-state index contributed by atoms with van der Waals surface area (Å²) in [5.74, 6) is 0.530. The van der Waals surface area contributed by atoms with Gasteiger partial charge in [0.2, 0.25) is 10.0 Å². The lowest BCUT2D eigenvalue weighted by atomic mass is 9.94. The maximum absolute atomic E-state index is 13.1. The summed E-state index contributed by atoms with van der Waals surface area (Å²) >= 11 is 0. The minimum absolute atomic E-state index is 0.116. The van der Waals surface area contributed by atoms with Gasteiger partial charge < -0.3 is 5.32 Å². The zero-order valence-electron chi connectivity index (χ0n) is 16.7. The Labute approximate surface area is 167 Å². The summed E-state index contributed by atoms with van der Waals surface area (Å²) < 4.78 is 27.7. The topological polar surface area (TPSA) is 66.5 Å². The molecule has 1 heterocycles. The molecule has 0 bridgehead atoms. The molecule has 2 unspecified atom stereocenters. The van der Waals surface area contributed by atoms with Crippen LogP contribution in [0.5, 0.6) is 0 Å². The molecule has 1 saturated heterocycles. The number of ketones is 1. The summed E-state index contributed by atoms with van der Waals surface area (Å²) in [7, 11) is -3.60. The van der Waals surface area contributed by atoms with Crippen LogP contribution in [0.2, 0.25) is 0 Å². The highest BCUT2D eigenvalue weighted by molar-refractivity contribution is 7.89. The van der Waals surface area contributed by atoms with Gasteiger partial charge in [-0.15, -0.1) is 0 Å². The van der Waals surface area contributed by atoms with E-state index < -0.39 is 10.0 Å². The normalized spacial score (nSPS) is 20.7. The van der Waals surface area contributed by atoms with Gasteiger partial charge in [0.1, 0.15) is 0 Å². The molecule has 1 fully saturated rings. The van der Waals surface area contributed by atoms with Crippen molar-refractivity contribution in [1.29, 1.82) is 0 Å². The maximum Gasteiger partial charge on any atom is 0.243 e. The highest BCUT2D eigenvalue weighted by atomic mass is 32.2. The van der Waals surface area contributed by atoms with Gasteiger partial charge in [-0.1, -0.05) is 38.1 Å². The first-order valence-corrected chi connectivity index (χ1v) is 11.1. The number of nitrogens with one attached hydrogen (secondary N) is 1. The highest BCUT2D eigenvalue weighted by Crippen LogP contribution is 2.27. The number of Topliss-reactive ketones (excluding diaryl/α,β-unsaturated/α-hetero) is 1. The summed E-state index contributed by atoms with van der Waals surface area (Å²) in [6.45, 7) is 7.32. The van der Waals surface area contributed by atoms with Gasteiger partial charge in [0.05, 0.1) is 11.4 Å². The van der Waals surface area contributed by atoms with Crippen LogP contribution in [-0.4, -0.2) is 38.1 Å². The molecule has 2 atom stereocenters. The molecule has 0 amide bonds. The predicted molar refractivity (Wildman–Crippen MR) is 112 cm³/mol. The van der Waals surface area contributed by atoms with Crippen LogP contribution in [0.3, 0.4) is 0 Å². The van der Waals surface area contributed by atoms with E-state index in [9.17, 15) is 13.2 Å². The maximum atomic E-state index is 13.1. The van der Waals surface area contributed by atoms with Gasteiger partial charge in [-0.2, -0.15) is 4.31 Å². The molecule has 5 nitrogen and oxygen atoms in total. The number of aryl methyl sites for hydroxylation is 1. The van der Waals surface area contributed by atoms with Crippen LogP contribution in [0.25, 0.3) is 0 Å². The second-order valence-electron chi connectivity index (χ2n) is 7.94. The number of hydrogen-bond donors (Lipinski definition) is 1. The van der Waals surface area contributed by atoms with Crippen molar-refractivity contribution in [3.05, 3.63) is 59.7 Å². The summed E-state index contributed by atoms with van der Waals surface area (Å²) in [5.41, 5.74) is 2.38. The molecule has 1 aliphatic rings.